The Balaban J connectivity index is 1.68. The molecule has 3 nitrogen and oxygen atoms in total. The molecule has 3 aliphatic rings. The zero-order valence-corrected chi connectivity index (χ0v) is 14.3. The number of rotatable bonds is 2. The van der Waals surface area contributed by atoms with Gasteiger partial charge in [-0.25, -0.2) is 9.59 Å². The lowest BCUT2D eigenvalue weighted by Gasteiger charge is -2.14. The molecule has 0 amide bonds. The minimum absolute atomic E-state index is 0.440. The SMILES string of the molecule is O=C1OC(=O)C(=C2CC3CCC2C3)C1=CCc1csc(Br)c1. The number of hydrogen-bond donors (Lipinski definition) is 0. The Morgan fingerprint density at radius 1 is 1.32 bits per heavy atom. The van der Waals surface area contributed by atoms with Crippen LogP contribution in [-0.4, -0.2) is 11.9 Å². The van der Waals surface area contributed by atoms with Crippen LogP contribution in [-0.2, 0) is 20.7 Å². The van der Waals surface area contributed by atoms with Crippen molar-refractivity contribution in [2.24, 2.45) is 11.8 Å². The van der Waals surface area contributed by atoms with Crippen LogP contribution in [0.15, 0.2) is 38.0 Å². The lowest BCUT2D eigenvalue weighted by atomic mass is 9.88. The van der Waals surface area contributed by atoms with Crippen LogP contribution in [0.4, 0.5) is 0 Å². The molecule has 5 heteroatoms. The molecule has 2 atom stereocenters. The molecule has 0 radical (unpaired) electrons. The van der Waals surface area contributed by atoms with E-state index < -0.39 is 11.9 Å². The summed E-state index contributed by atoms with van der Waals surface area (Å²) >= 11 is 5.05. The van der Waals surface area contributed by atoms with Crippen LogP contribution in [0.25, 0.3) is 0 Å². The van der Waals surface area contributed by atoms with Crippen molar-refractivity contribution in [3.8, 4) is 0 Å². The van der Waals surface area contributed by atoms with E-state index in [1.54, 1.807) is 11.3 Å². The minimum atomic E-state index is -0.482. The summed E-state index contributed by atoms with van der Waals surface area (Å²) in [6, 6.07) is 2.04. The van der Waals surface area contributed by atoms with E-state index in [-0.39, 0.29) is 0 Å². The predicted octanol–water partition coefficient (Wildman–Crippen LogP) is 4.18. The van der Waals surface area contributed by atoms with E-state index >= 15 is 0 Å². The van der Waals surface area contributed by atoms with Crippen LogP contribution in [0.2, 0.25) is 0 Å². The molecule has 22 heavy (non-hydrogen) atoms. The maximum absolute atomic E-state index is 12.1. The molecular formula is C17H15BrO3S. The number of halogens is 1. The lowest BCUT2D eigenvalue weighted by Crippen LogP contribution is -2.07. The molecule has 2 unspecified atom stereocenters. The van der Waals surface area contributed by atoms with Gasteiger partial charge in [0.25, 0.3) is 0 Å². The molecule has 114 valence electrons. The van der Waals surface area contributed by atoms with Gasteiger partial charge < -0.3 is 4.74 Å². The Morgan fingerprint density at radius 3 is 2.82 bits per heavy atom. The maximum atomic E-state index is 12.1. The number of ether oxygens (including phenoxy) is 1. The fraction of sp³-hybridized carbons (Fsp3) is 0.412. The van der Waals surface area contributed by atoms with Gasteiger partial charge in [0, 0.05) is 0 Å². The van der Waals surface area contributed by atoms with E-state index in [4.69, 9.17) is 4.74 Å². The normalized spacial score (nSPS) is 32.3. The van der Waals surface area contributed by atoms with Crippen LogP contribution in [0.5, 0.6) is 0 Å². The second-order valence-electron chi connectivity index (χ2n) is 6.24. The van der Waals surface area contributed by atoms with Gasteiger partial charge in [-0.3, -0.25) is 0 Å². The molecule has 2 aliphatic carbocycles. The Hall–Kier alpha value is -1.20. The van der Waals surface area contributed by atoms with Crippen molar-refractivity contribution in [2.75, 3.05) is 0 Å². The van der Waals surface area contributed by atoms with E-state index in [2.05, 4.69) is 15.9 Å². The molecule has 1 aliphatic heterocycles. The Kier molecular flexibility index (Phi) is 3.57. The second kappa shape index (κ2) is 5.46. The summed E-state index contributed by atoms with van der Waals surface area (Å²) in [4.78, 5) is 24.2. The summed E-state index contributed by atoms with van der Waals surface area (Å²) < 4.78 is 5.96. The quantitative estimate of drug-likeness (QED) is 0.440. The van der Waals surface area contributed by atoms with Gasteiger partial charge in [0.1, 0.15) is 0 Å². The highest BCUT2D eigenvalue weighted by Gasteiger charge is 2.43. The highest BCUT2D eigenvalue weighted by Crippen LogP contribution is 2.50. The summed E-state index contributed by atoms with van der Waals surface area (Å²) in [6.07, 6.45) is 7.04. The van der Waals surface area contributed by atoms with Crippen LogP contribution < -0.4 is 0 Å². The van der Waals surface area contributed by atoms with Crippen molar-refractivity contribution in [1.29, 1.82) is 0 Å². The fourth-order valence-electron chi connectivity index (χ4n) is 3.93. The zero-order chi connectivity index (χ0) is 15.3. The maximum Gasteiger partial charge on any atom is 0.346 e. The Morgan fingerprint density at radius 2 is 2.18 bits per heavy atom. The third kappa shape index (κ3) is 2.40. The van der Waals surface area contributed by atoms with Gasteiger partial charge >= 0.3 is 11.9 Å². The number of hydrogen-bond acceptors (Lipinski definition) is 4. The molecule has 4 rings (SSSR count). The number of fused-ring (bicyclic) bond motifs is 2. The summed E-state index contributed by atoms with van der Waals surface area (Å²) in [7, 11) is 0. The van der Waals surface area contributed by atoms with E-state index in [9.17, 15) is 9.59 Å². The molecule has 1 aromatic rings. The highest BCUT2D eigenvalue weighted by molar-refractivity contribution is 9.11. The number of cyclic esters (lactones) is 2. The monoisotopic (exact) mass is 378 g/mol. The summed E-state index contributed by atoms with van der Waals surface area (Å²) in [5.74, 6) is 0.261. The van der Waals surface area contributed by atoms with Gasteiger partial charge in [-0.05, 0) is 76.9 Å². The van der Waals surface area contributed by atoms with E-state index in [1.807, 2.05) is 17.5 Å². The standard InChI is InChI=1S/C17H15BrO3S/c18-14-7-10(8-22-14)2-4-12-15(17(20)21-16(12)19)13-6-9-1-3-11(13)5-9/h4,7-9,11H,1-3,5-6H2. The average Bonchev–Trinajstić information content (AvgIpc) is 3.22. The Labute approximate surface area is 141 Å². The number of carbonyl (C=O) groups excluding carboxylic acids is 2. The first-order chi connectivity index (χ1) is 10.6. The minimum Gasteiger partial charge on any atom is -0.386 e. The van der Waals surface area contributed by atoms with Gasteiger partial charge in [-0.15, -0.1) is 11.3 Å². The molecular weight excluding hydrogens is 364 g/mol. The van der Waals surface area contributed by atoms with E-state index in [0.29, 0.717) is 29.4 Å². The van der Waals surface area contributed by atoms with Gasteiger partial charge in [0.2, 0.25) is 0 Å². The number of allylic oxidation sites excluding steroid dienone is 2. The van der Waals surface area contributed by atoms with Gasteiger partial charge in [-0.2, -0.15) is 0 Å². The number of esters is 2. The van der Waals surface area contributed by atoms with Crippen molar-refractivity contribution >= 4 is 39.2 Å². The van der Waals surface area contributed by atoms with Crippen molar-refractivity contribution < 1.29 is 14.3 Å². The van der Waals surface area contributed by atoms with Crippen molar-refractivity contribution in [3.05, 3.63) is 43.6 Å². The predicted molar refractivity (Wildman–Crippen MR) is 87.4 cm³/mol. The average molecular weight is 379 g/mol. The first-order valence-corrected chi connectivity index (χ1v) is 9.22. The molecule has 0 N–H and O–H groups in total. The largest absolute Gasteiger partial charge is 0.386 e. The highest BCUT2D eigenvalue weighted by atomic mass is 79.9. The smallest absolute Gasteiger partial charge is 0.346 e. The zero-order valence-electron chi connectivity index (χ0n) is 11.9. The van der Waals surface area contributed by atoms with Crippen LogP contribution in [0.1, 0.15) is 31.2 Å². The topological polar surface area (TPSA) is 43.4 Å². The molecule has 0 spiro atoms. The molecule has 1 saturated heterocycles. The molecule has 3 fully saturated rings. The van der Waals surface area contributed by atoms with Gasteiger partial charge in [0.15, 0.2) is 0 Å². The molecule has 1 aromatic heterocycles. The van der Waals surface area contributed by atoms with Crippen LogP contribution >= 0.6 is 27.3 Å². The molecule has 0 aromatic carbocycles. The second-order valence-corrected chi connectivity index (χ2v) is 8.53. The van der Waals surface area contributed by atoms with Crippen molar-refractivity contribution in [2.45, 2.75) is 32.1 Å². The molecule has 2 bridgehead atoms. The van der Waals surface area contributed by atoms with Crippen LogP contribution in [0, 0.1) is 11.8 Å². The summed E-state index contributed by atoms with van der Waals surface area (Å²) in [5, 5.41) is 2.05. The first kappa shape index (κ1) is 14.4. The van der Waals surface area contributed by atoms with E-state index in [1.165, 1.54) is 18.4 Å². The van der Waals surface area contributed by atoms with E-state index in [0.717, 1.165) is 22.2 Å². The molecule has 2 saturated carbocycles. The molecule has 2 heterocycles. The fourth-order valence-corrected chi connectivity index (χ4v) is 5.15. The van der Waals surface area contributed by atoms with Crippen molar-refractivity contribution in [1.82, 2.24) is 0 Å². The summed E-state index contributed by atoms with van der Waals surface area (Å²) in [6.45, 7) is 0. The third-order valence-electron chi connectivity index (χ3n) is 4.91. The van der Waals surface area contributed by atoms with Gasteiger partial charge in [0.05, 0.1) is 14.9 Å². The van der Waals surface area contributed by atoms with Crippen LogP contribution in [0.3, 0.4) is 0 Å². The third-order valence-corrected chi connectivity index (χ3v) is 6.46. The van der Waals surface area contributed by atoms with Crippen molar-refractivity contribution in [3.63, 3.8) is 0 Å². The Bertz CT molecular complexity index is 728. The lowest BCUT2D eigenvalue weighted by molar-refractivity contribution is -0.149. The number of carbonyl (C=O) groups is 2. The first-order valence-electron chi connectivity index (χ1n) is 7.55. The van der Waals surface area contributed by atoms with Gasteiger partial charge in [-0.1, -0.05) is 11.6 Å². The number of thiophene rings is 1. The summed E-state index contributed by atoms with van der Waals surface area (Å²) in [5.41, 5.74) is 3.36.